The van der Waals surface area contributed by atoms with Crippen molar-refractivity contribution in [2.24, 2.45) is 11.8 Å². The highest BCUT2D eigenvalue weighted by Crippen LogP contribution is 2.52. The van der Waals surface area contributed by atoms with Crippen LogP contribution in [0.15, 0.2) is 42.5 Å². The first-order valence-corrected chi connectivity index (χ1v) is 5.53. The second-order valence-corrected chi connectivity index (χ2v) is 4.68. The number of rotatable bonds is 1. The van der Waals surface area contributed by atoms with Crippen LogP contribution in [-0.4, -0.2) is 5.78 Å². The third-order valence-corrected chi connectivity index (χ3v) is 3.89. The maximum Gasteiger partial charge on any atom is 0.144 e. The highest BCUT2D eigenvalue weighted by molar-refractivity contribution is 5.92. The Morgan fingerprint density at radius 3 is 2.40 bits per heavy atom. The largest absolute Gasteiger partial charge is 0.299 e. The molecule has 15 heavy (non-hydrogen) atoms. The zero-order valence-corrected chi connectivity index (χ0v) is 8.65. The number of carbonyl (C=O) groups is 1. The number of allylic oxidation sites excluding steroid dienone is 1. The van der Waals surface area contributed by atoms with Gasteiger partial charge in [-0.1, -0.05) is 42.5 Å². The van der Waals surface area contributed by atoms with E-state index in [1.165, 1.54) is 5.56 Å². The van der Waals surface area contributed by atoms with Crippen LogP contribution in [0.5, 0.6) is 0 Å². The van der Waals surface area contributed by atoms with Crippen LogP contribution in [0.4, 0.5) is 0 Å². The zero-order valence-electron chi connectivity index (χ0n) is 8.65. The highest BCUT2D eigenvalue weighted by atomic mass is 16.1. The van der Waals surface area contributed by atoms with E-state index < -0.39 is 0 Å². The molecule has 1 aromatic rings. The fourth-order valence-electron chi connectivity index (χ4n) is 3.10. The van der Waals surface area contributed by atoms with Gasteiger partial charge in [0.25, 0.3) is 0 Å². The van der Waals surface area contributed by atoms with Crippen molar-refractivity contribution < 1.29 is 4.79 Å². The van der Waals surface area contributed by atoms with Crippen molar-refractivity contribution in [2.75, 3.05) is 0 Å². The normalized spacial score (nSPS) is 33.7. The Labute approximate surface area is 89.8 Å². The number of Topliss-reactive ketones (excluding diaryl/α,β-unsaturated/α-hetero) is 1. The Bertz CT molecular complexity index is 418. The molecule has 3 unspecified atom stereocenters. The van der Waals surface area contributed by atoms with E-state index in [0.29, 0.717) is 11.7 Å². The molecule has 0 saturated heterocycles. The van der Waals surface area contributed by atoms with Crippen LogP contribution >= 0.6 is 0 Å². The van der Waals surface area contributed by atoms with Crippen LogP contribution in [0.2, 0.25) is 0 Å². The van der Waals surface area contributed by atoms with Gasteiger partial charge in [0.15, 0.2) is 0 Å². The lowest BCUT2D eigenvalue weighted by atomic mass is 9.82. The van der Waals surface area contributed by atoms with Crippen LogP contribution in [0.25, 0.3) is 0 Å². The van der Waals surface area contributed by atoms with Crippen molar-refractivity contribution in [1.82, 2.24) is 0 Å². The topological polar surface area (TPSA) is 17.1 Å². The van der Waals surface area contributed by atoms with Crippen LogP contribution in [-0.2, 0) is 4.79 Å². The summed E-state index contributed by atoms with van der Waals surface area (Å²) in [4.78, 5) is 11.9. The van der Waals surface area contributed by atoms with Crippen molar-refractivity contribution in [3.63, 3.8) is 0 Å². The predicted molar refractivity (Wildman–Crippen MR) is 59.5 cm³/mol. The molecule has 0 radical (unpaired) electrons. The van der Waals surface area contributed by atoms with Gasteiger partial charge in [-0.25, -0.2) is 0 Å². The third kappa shape index (κ3) is 1.19. The molecule has 2 saturated carbocycles. The molecular formula is C14H14O. The number of carbonyl (C=O) groups excluding carboxylic acids is 1. The SMILES string of the molecule is C=C1CC2C(=O)C1CC2c1ccccc1. The molecule has 0 N–H and O–H groups in total. The van der Waals surface area contributed by atoms with Crippen molar-refractivity contribution >= 4 is 5.78 Å². The smallest absolute Gasteiger partial charge is 0.144 e. The van der Waals surface area contributed by atoms with Gasteiger partial charge in [0.2, 0.25) is 0 Å². The molecule has 76 valence electrons. The van der Waals surface area contributed by atoms with E-state index in [4.69, 9.17) is 0 Å². The lowest BCUT2D eigenvalue weighted by Gasteiger charge is -2.21. The van der Waals surface area contributed by atoms with E-state index >= 15 is 0 Å². The molecule has 2 aliphatic carbocycles. The molecule has 1 aromatic carbocycles. The Balaban J connectivity index is 1.94. The van der Waals surface area contributed by atoms with E-state index in [1.807, 2.05) is 6.07 Å². The van der Waals surface area contributed by atoms with E-state index in [9.17, 15) is 4.79 Å². The van der Waals surface area contributed by atoms with Gasteiger partial charge in [0.1, 0.15) is 5.78 Å². The molecule has 0 aromatic heterocycles. The molecule has 2 fully saturated rings. The summed E-state index contributed by atoms with van der Waals surface area (Å²) in [5.74, 6) is 1.29. The monoisotopic (exact) mass is 198 g/mol. The van der Waals surface area contributed by atoms with Gasteiger partial charge in [-0.3, -0.25) is 4.79 Å². The van der Waals surface area contributed by atoms with Crippen LogP contribution in [0.1, 0.15) is 24.3 Å². The molecule has 3 rings (SSSR count). The lowest BCUT2D eigenvalue weighted by Crippen LogP contribution is -2.10. The number of benzene rings is 1. The van der Waals surface area contributed by atoms with Gasteiger partial charge >= 0.3 is 0 Å². The van der Waals surface area contributed by atoms with Crippen LogP contribution in [0.3, 0.4) is 0 Å². The Morgan fingerprint density at radius 2 is 1.87 bits per heavy atom. The third-order valence-electron chi connectivity index (χ3n) is 3.89. The first-order chi connectivity index (χ1) is 7.27. The molecule has 1 nitrogen and oxygen atoms in total. The molecule has 0 aliphatic heterocycles. The molecule has 2 aliphatic rings. The molecule has 2 bridgehead atoms. The summed E-state index contributed by atoms with van der Waals surface area (Å²) in [6.07, 6.45) is 1.91. The van der Waals surface area contributed by atoms with Crippen LogP contribution in [0, 0.1) is 11.8 Å². The second kappa shape index (κ2) is 3.06. The summed E-state index contributed by atoms with van der Waals surface area (Å²) < 4.78 is 0. The molecular weight excluding hydrogens is 184 g/mol. The Morgan fingerprint density at radius 1 is 1.13 bits per heavy atom. The predicted octanol–water partition coefficient (Wildman–Crippen LogP) is 2.94. The van der Waals surface area contributed by atoms with Crippen molar-refractivity contribution in [3.8, 4) is 0 Å². The lowest BCUT2D eigenvalue weighted by molar-refractivity contribution is -0.121. The quantitative estimate of drug-likeness (QED) is 0.634. The minimum absolute atomic E-state index is 0.167. The molecule has 0 amide bonds. The summed E-state index contributed by atoms with van der Waals surface area (Å²) in [7, 11) is 0. The average Bonchev–Trinajstić information content (AvgIpc) is 2.72. The van der Waals surface area contributed by atoms with E-state index in [2.05, 4.69) is 30.8 Å². The first-order valence-electron chi connectivity index (χ1n) is 5.53. The first kappa shape index (κ1) is 8.90. The van der Waals surface area contributed by atoms with Gasteiger partial charge in [0, 0.05) is 11.8 Å². The summed E-state index contributed by atoms with van der Waals surface area (Å²) in [6, 6.07) is 10.4. The van der Waals surface area contributed by atoms with Crippen LogP contribution < -0.4 is 0 Å². The Kier molecular flexibility index (Phi) is 1.82. The summed E-state index contributed by atoms with van der Waals surface area (Å²) in [6.45, 7) is 3.99. The van der Waals surface area contributed by atoms with Gasteiger partial charge in [-0.05, 0) is 24.3 Å². The summed E-state index contributed by atoms with van der Waals surface area (Å²) in [5.41, 5.74) is 2.49. The number of ketones is 1. The number of fused-ring (bicyclic) bond motifs is 2. The molecule has 0 spiro atoms. The molecule has 0 heterocycles. The Hall–Kier alpha value is -1.37. The van der Waals surface area contributed by atoms with Gasteiger partial charge in [-0.15, -0.1) is 0 Å². The van der Waals surface area contributed by atoms with Gasteiger partial charge in [-0.2, -0.15) is 0 Å². The van der Waals surface area contributed by atoms with E-state index in [0.717, 1.165) is 18.4 Å². The highest BCUT2D eigenvalue weighted by Gasteiger charge is 2.49. The van der Waals surface area contributed by atoms with Crippen molar-refractivity contribution in [1.29, 1.82) is 0 Å². The second-order valence-electron chi connectivity index (χ2n) is 4.68. The minimum Gasteiger partial charge on any atom is -0.299 e. The zero-order chi connectivity index (χ0) is 10.4. The fraction of sp³-hybridized carbons (Fsp3) is 0.357. The van der Waals surface area contributed by atoms with Crippen molar-refractivity contribution in [3.05, 3.63) is 48.0 Å². The standard InChI is InChI=1S/C14H14O/c1-9-7-13-12(8-11(9)14(13)15)10-5-3-2-4-6-10/h2-6,11-13H,1,7-8H2. The summed E-state index contributed by atoms with van der Waals surface area (Å²) >= 11 is 0. The van der Waals surface area contributed by atoms with Gasteiger partial charge in [0.05, 0.1) is 0 Å². The minimum atomic E-state index is 0.167. The maximum absolute atomic E-state index is 11.9. The van der Waals surface area contributed by atoms with E-state index in [1.54, 1.807) is 0 Å². The number of hydrogen-bond acceptors (Lipinski definition) is 1. The molecule has 3 atom stereocenters. The maximum atomic E-state index is 11.9. The van der Waals surface area contributed by atoms with Crippen molar-refractivity contribution in [2.45, 2.75) is 18.8 Å². The van der Waals surface area contributed by atoms with Gasteiger partial charge < -0.3 is 0 Å². The average molecular weight is 198 g/mol. The fourth-order valence-corrected chi connectivity index (χ4v) is 3.10. The summed E-state index contributed by atoms with van der Waals surface area (Å²) in [5, 5.41) is 0. The molecule has 1 heteroatoms. The van der Waals surface area contributed by atoms with E-state index in [-0.39, 0.29) is 11.8 Å². The number of hydrogen-bond donors (Lipinski definition) is 0.